The molecular weight excluding hydrogens is 282 g/mol. The Hall–Kier alpha value is -1.10. The number of furan rings is 1. The summed E-state index contributed by atoms with van der Waals surface area (Å²) in [5, 5.41) is 6.78. The first-order valence-electron chi connectivity index (χ1n) is 7.90. The number of nitrogens with one attached hydrogen (secondary N) is 2. The Morgan fingerprint density at radius 2 is 2.10 bits per heavy atom. The fourth-order valence-electron chi connectivity index (χ4n) is 1.87. The van der Waals surface area contributed by atoms with E-state index >= 15 is 0 Å². The molecule has 1 heterocycles. The molecule has 1 aromatic rings. The fourth-order valence-corrected chi connectivity index (χ4v) is 2.36. The van der Waals surface area contributed by atoms with Crippen molar-refractivity contribution in [1.29, 1.82) is 0 Å². The maximum Gasteiger partial charge on any atom is 0.191 e. The van der Waals surface area contributed by atoms with E-state index in [0.29, 0.717) is 0 Å². The number of hydrogen-bond donors (Lipinski definition) is 2. The molecule has 0 unspecified atom stereocenters. The van der Waals surface area contributed by atoms with Gasteiger partial charge in [0.15, 0.2) is 5.96 Å². The van der Waals surface area contributed by atoms with Gasteiger partial charge in [-0.25, -0.2) is 0 Å². The Morgan fingerprint density at radius 3 is 2.81 bits per heavy atom. The zero-order chi connectivity index (χ0) is 15.2. The highest BCUT2D eigenvalue weighted by molar-refractivity contribution is 7.98. The number of rotatable bonds is 11. The van der Waals surface area contributed by atoms with Gasteiger partial charge in [0.1, 0.15) is 5.76 Å². The summed E-state index contributed by atoms with van der Waals surface area (Å²) in [6.07, 6.45) is 9.51. The zero-order valence-corrected chi connectivity index (χ0v) is 14.2. The van der Waals surface area contributed by atoms with Gasteiger partial charge in [0.05, 0.1) is 6.26 Å². The number of unbranched alkanes of at least 4 members (excludes halogenated alkanes) is 2. The molecule has 0 amide bonds. The number of hydrogen-bond acceptors (Lipinski definition) is 3. The molecule has 120 valence electrons. The fraction of sp³-hybridized carbons (Fsp3) is 0.688. The van der Waals surface area contributed by atoms with Gasteiger partial charge in [-0.05, 0) is 43.4 Å². The zero-order valence-electron chi connectivity index (χ0n) is 13.4. The first-order chi connectivity index (χ1) is 10.4. The second-order valence-corrected chi connectivity index (χ2v) is 5.95. The van der Waals surface area contributed by atoms with Crippen LogP contribution in [0.5, 0.6) is 0 Å². The van der Waals surface area contributed by atoms with E-state index in [4.69, 9.17) is 4.42 Å². The maximum atomic E-state index is 5.34. The predicted octanol–water partition coefficient (Wildman–Crippen LogP) is 3.30. The van der Waals surface area contributed by atoms with Crippen molar-refractivity contribution in [2.75, 3.05) is 31.6 Å². The Labute approximate surface area is 133 Å². The quantitative estimate of drug-likeness (QED) is 0.374. The summed E-state index contributed by atoms with van der Waals surface area (Å²) < 4.78 is 5.34. The standard InChI is InChI=1S/C16H29N3OS/c1-3-4-10-17-16(18-11-5-6-14-21-2)19-12-9-15-8-7-13-20-15/h7-8,13H,3-6,9-12,14H2,1-2H3,(H2,17,18,19). The summed E-state index contributed by atoms with van der Waals surface area (Å²) in [5.41, 5.74) is 0. The number of thioether (sulfide) groups is 1. The van der Waals surface area contributed by atoms with Gasteiger partial charge >= 0.3 is 0 Å². The van der Waals surface area contributed by atoms with Crippen LogP contribution in [0.25, 0.3) is 0 Å². The molecule has 0 radical (unpaired) electrons. The molecule has 0 spiro atoms. The van der Waals surface area contributed by atoms with Crippen LogP contribution in [-0.4, -0.2) is 37.6 Å². The van der Waals surface area contributed by atoms with E-state index < -0.39 is 0 Å². The van der Waals surface area contributed by atoms with Gasteiger partial charge in [0, 0.05) is 26.1 Å². The lowest BCUT2D eigenvalue weighted by molar-refractivity contribution is 0.506. The van der Waals surface area contributed by atoms with Gasteiger partial charge in [-0.3, -0.25) is 4.99 Å². The van der Waals surface area contributed by atoms with Crippen molar-refractivity contribution in [2.45, 2.75) is 39.0 Å². The molecule has 0 fully saturated rings. The van der Waals surface area contributed by atoms with Crippen LogP contribution < -0.4 is 10.6 Å². The maximum absolute atomic E-state index is 5.34. The average Bonchev–Trinajstić information content (AvgIpc) is 3.00. The summed E-state index contributed by atoms with van der Waals surface area (Å²) in [7, 11) is 0. The lowest BCUT2D eigenvalue weighted by Crippen LogP contribution is -2.39. The Morgan fingerprint density at radius 1 is 1.24 bits per heavy atom. The Bertz CT molecular complexity index is 366. The molecule has 0 saturated heterocycles. The summed E-state index contributed by atoms with van der Waals surface area (Å²) in [6.45, 7) is 4.91. The molecule has 5 heteroatoms. The van der Waals surface area contributed by atoms with E-state index in [9.17, 15) is 0 Å². The third-order valence-electron chi connectivity index (χ3n) is 3.09. The molecule has 1 aromatic heterocycles. The molecule has 4 nitrogen and oxygen atoms in total. The number of guanidine groups is 1. The lowest BCUT2D eigenvalue weighted by atomic mass is 10.3. The Balaban J connectivity index is 2.26. The van der Waals surface area contributed by atoms with Gasteiger partial charge in [-0.1, -0.05) is 13.3 Å². The summed E-state index contributed by atoms with van der Waals surface area (Å²) >= 11 is 1.90. The molecule has 21 heavy (non-hydrogen) atoms. The topological polar surface area (TPSA) is 49.6 Å². The van der Waals surface area contributed by atoms with E-state index in [1.807, 2.05) is 23.9 Å². The van der Waals surface area contributed by atoms with Gasteiger partial charge in [0.25, 0.3) is 0 Å². The minimum Gasteiger partial charge on any atom is -0.469 e. The van der Waals surface area contributed by atoms with Crippen molar-refractivity contribution >= 4 is 17.7 Å². The largest absolute Gasteiger partial charge is 0.469 e. The minimum absolute atomic E-state index is 0.844. The van der Waals surface area contributed by atoms with E-state index in [0.717, 1.165) is 44.2 Å². The van der Waals surface area contributed by atoms with Crippen LogP contribution in [0, 0.1) is 0 Å². The van der Waals surface area contributed by atoms with Crippen LogP contribution in [-0.2, 0) is 6.42 Å². The average molecular weight is 311 g/mol. The third kappa shape index (κ3) is 9.45. The molecule has 0 aliphatic carbocycles. The molecule has 0 aliphatic rings. The van der Waals surface area contributed by atoms with E-state index in [-0.39, 0.29) is 0 Å². The first kappa shape index (κ1) is 18.0. The highest BCUT2D eigenvalue weighted by Gasteiger charge is 1.99. The number of aliphatic imine (C=N–C) groups is 1. The van der Waals surface area contributed by atoms with Crippen LogP contribution in [0.3, 0.4) is 0 Å². The predicted molar refractivity (Wildman–Crippen MR) is 93.2 cm³/mol. The van der Waals surface area contributed by atoms with E-state index in [1.54, 1.807) is 6.26 Å². The number of nitrogens with zero attached hydrogens (tertiary/aromatic N) is 1. The molecular formula is C16H29N3OS. The minimum atomic E-state index is 0.844. The third-order valence-corrected chi connectivity index (χ3v) is 3.79. The van der Waals surface area contributed by atoms with Crippen molar-refractivity contribution in [2.24, 2.45) is 4.99 Å². The molecule has 0 atom stereocenters. The lowest BCUT2D eigenvalue weighted by Gasteiger charge is -2.12. The SMILES string of the molecule is CCCCNC(=NCCCCSC)NCCc1ccco1. The van der Waals surface area contributed by atoms with Crippen molar-refractivity contribution < 1.29 is 4.42 Å². The van der Waals surface area contributed by atoms with Crippen molar-refractivity contribution in [3.05, 3.63) is 24.2 Å². The Kier molecular flexibility index (Phi) is 10.8. The molecule has 2 N–H and O–H groups in total. The molecule has 1 rings (SSSR count). The molecule has 0 bridgehead atoms. The van der Waals surface area contributed by atoms with Crippen molar-refractivity contribution in [1.82, 2.24) is 10.6 Å². The summed E-state index contributed by atoms with van der Waals surface area (Å²) in [5.74, 6) is 3.16. The van der Waals surface area contributed by atoms with Gasteiger partial charge in [0.2, 0.25) is 0 Å². The van der Waals surface area contributed by atoms with E-state index in [2.05, 4.69) is 28.8 Å². The van der Waals surface area contributed by atoms with Crippen LogP contribution >= 0.6 is 11.8 Å². The monoisotopic (exact) mass is 311 g/mol. The summed E-state index contributed by atoms with van der Waals surface area (Å²) in [6, 6.07) is 3.93. The van der Waals surface area contributed by atoms with Gasteiger partial charge < -0.3 is 15.1 Å². The van der Waals surface area contributed by atoms with Crippen molar-refractivity contribution in [3.63, 3.8) is 0 Å². The van der Waals surface area contributed by atoms with Crippen LogP contribution in [0.4, 0.5) is 0 Å². The first-order valence-corrected chi connectivity index (χ1v) is 9.29. The second kappa shape index (κ2) is 12.6. The highest BCUT2D eigenvalue weighted by Crippen LogP contribution is 2.00. The normalized spacial score (nSPS) is 11.6. The van der Waals surface area contributed by atoms with Crippen LogP contribution in [0.2, 0.25) is 0 Å². The molecule has 0 aromatic carbocycles. The highest BCUT2D eigenvalue weighted by atomic mass is 32.2. The van der Waals surface area contributed by atoms with Crippen LogP contribution in [0.15, 0.2) is 27.8 Å². The summed E-state index contributed by atoms with van der Waals surface area (Å²) in [4.78, 5) is 4.64. The molecule has 0 saturated carbocycles. The second-order valence-electron chi connectivity index (χ2n) is 4.97. The van der Waals surface area contributed by atoms with Gasteiger partial charge in [-0.15, -0.1) is 0 Å². The van der Waals surface area contributed by atoms with E-state index in [1.165, 1.54) is 25.0 Å². The van der Waals surface area contributed by atoms with Gasteiger partial charge in [-0.2, -0.15) is 11.8 Å². The smallest absolute Gasteiger partial charge is 0.191 e. The molecule has 0 aliphatic heterocycles. The van der Waals surface area contributed by atoms with Crippen molar-refractivity contribution in [3.8, 4) is 0 Å². The van der Waals surface area contributed by atoms with Crippen LogP contribution in [0.1, 0.15) is 38.4 Å².